The first-order chi connectivity index (χ1) is 9.01. The van der Waals surface area contributed by atoms with E-state index in [0.29, 0.717) is 0 Å². The number of nitrogens with zero attached hydrogens (tertiary/aromatic N) is 1. The van der Waals surface area contributed by atoms with Gasteiger partial charge in [-0.2, -0.15) is 0 Å². The largest absolute Gasteiger partial charge is 0.357 e. The zero-order valence-electron chi connectivity index (χ0n) is 12.5. The predicted octanol–water partition coefficient (Wildman–Crippen LogP) is 3.84. The van der Waals surface area contributed by atoms with Crippen LogP contribution in [0.1, 0.15) is 44.0 Å². The molecule has 0 unspecified atom stereocenters. The van der Waals surface area contributed by atoms with Crippen molar-refractivity contribution in [2.24, 2.45) is 0 Å². The van der Waals surface area contributed by atoms with E-state index in [-0.39, 0.29) is 5.41 Å². The smallest absolute Gasteiger partial charge is 0.0462 e. The molecule has 102 valence electrons. The molecule has 0 fully saturated rings. The van der Waals surface area contributed by atoms with E-state index in [2.05, 4.69) is 55.9 Å². The minimum Gasteiger partial charge on any atom is -0.357 e. The van der Waals surface area contributed by atoms with Gasteiger partial charge in [-0.1, -0.05) is 32.9 Å². The lowest BCUT2D eigenvalue weighted by molar-refractivity contribution is 0.310. The summed E-state index contributed by atoms with van der Waals surface area (Å²) >= 11 is 0. The molecule has 1 aromatic carbocycles. The van der Waals surface area contributed by atoms with Gasteiger partial charge in [0.1, 0.15) is 0 Å². The standard InChI is InChI=1S/C17H24N2/c1-5-17(2,3)12-6-7-13-14-8-9-19(4)11-16(14)18-15(13)10-12/h6-7,10,18H,5,8-9,11H2,1-4H3. The Balaban J connectivity index is 2.10. The number of likely N-dealkylation sites (N-methyl/N-ethyl adjacent to an activating group) is 1. The molecule has 1 aliphatic heterocycles. The third-order valence-electron chi connectivity index (χ3n) is 4.83. The molecule has 1 aliphatic rings. The average Bonchev–Trinajstić information content (AvgIpc) is 2.74. The number of benzene rings is 1. The van der Waals surface area contributed by atoms with E-state index < -0.39 is 0 Å². The number of fused-ring (bicyclic) bond motifs is 3. The van der Waals surface area contributed by atoms with E-state index in [9.17, 15) is 0 Å². The summed E-state index contributed by atoms with van der Waals surface area (Å²) < 4.78 is 0. The second kappa shape index (κ2) is 4.38. The maximum atomic E-state index is 3.64. The zero-order valence-corrected chi connectivity index (χ0v) is 12.5. The van der Waals surface area contributed by atoms with Crippen LogP contribution in [0.2, 0.25) is 0 Å². The van der Waals surface area contributed by atoms with E-state index in [1.165, 1.54) is 47.1 Å². The highest BCUT2D eigenvalue weighted by atomic mass is 15.1. The van der Waals surface area contributed by atoms with Crippen molar-refractivity contribution >= 4 is 10.9 Å². The quantitative estimate of drug-likeness (QED) is 0.865. The monoisotopic (exact) mass is 256 g/mol. The van der Waals surface area contributed by atoms with Crippen LogP contribution in [0.5, 0.6) is 0 Å². The second-order valence-corrected chi connectivity index (χ2v) is 6.57. The Labute approximate surface area is 115 Å². The van der Waals surface area contributed by atoms with Crippen molar-refractivity contribution in [3.05, 3.63) is 35.0 Å². The summed E-state index contributed by atoms with van der Waals surface area (Å²) in [6, 6.07) is 7.00. The van der Waals surface area contributed by atoms with Gasteiger partial charge in [-0.3, -0.25) is 0 Å². The van der Waals surface area contributed by atoms with E-state index in [1.807, 2.05) is 0 Å². The number of rotatable bonds is 2. The summed E-state index contributed by atoms with van der Waals surface area (Å²) in [5.74, 6) is 0. The van der Waals surface area contributed by atoms with E-state index >= 15 is 0 Å². The highest BCUT2D eigenvalue weighted by molar-refractivity contribution is 5.85. The van der Waals surface area contributed by atoms with E-state index in [4.69, 9.17) is 0 Å². The van der Waals surface area contributed by atoms with Gasteiger partial charge in [0, 0.05) is 29.7 Å². The Morgan fingerprint density at radius 2 is 2.11 bits per heavy atom. The summed E-state index contributed by atoms with van der Waals surface area (Å²) in [5.41, 5.74) is 5.97. The Kier molecular flexibility index (Phi) is 2.94. The number of hydrogen-bond acceptors (Lipinski definition) is 1. The molecule has 19 heavy (non-hydrogen) atoms. The van der Waals surface area contributed by atoms with Crippen LogP contribution in [0.15, 0.2) is 18.2 Å². The van der Waals surface area contributed by atoms with Crippen LogP contribution in [0, 0.1) is 0 Å². The van der Waals surface area contributed by atoms with Crippen LogP contribution in [0.25, 0.3) is 10.9 Å². The SMILES string of the molecule is CCC(C)(C)c1ccc2c3c([nH]c2c1)CN(C)CC3. The molecule has 3 rings (SSSR count). The zero-order chi connectivity index (χ0) is 13.6. The molecule has 2 aromatic rings. The molecule has 0 saturated heterocycles. The summed E-state index contributed by atoms with van der Waals surface area (Å²) in [4.78, 5) is 6.02. The minimum atomic E-state index is 0.261. The third kappa shape index (κ3) is 2.08. The number of aromatic amines is 1. The van der Waals surface area contributed by atoms with E-state index in [1.54, 1.807) is 0 Å². The number of aromatic nitrogens is 1. The minimum absolute atomic E-state index is 0.261. The highest BCUT2D eigenvalue weighted by Gasteiger charge is 2.21. The van der Waals surface area contributed by atoms with Gasteiger partial charge in [-0.15, -0.1) is 0 Å². The van der Waals surface area contributed by atoms with E-state index in [0.717, 1.165) is 6.54 Å². The van der Waals surface area contributed by atoms with Gasteiger partial charge < -0.3 is 9.88 Å². The van der Waals surface area contributed by atoms with Crippen molar-refractivity contribution in [3.8, 4) is 0 Å². The maximum Gasteiger partial charge on any atom is 0.0462 e. The second-order valence-electron chi connectivity index (χ2n) is 6.57. The van der Waals surface area contributed by atoms with Gasteiger partial charge in [-0.05, 0) is 42.5 Å². The van der Waals surface area contributed by atoms with Crippen LogP contribution in [-0.2, 0) is 18.4 Å². The first kappa shape index (κ1) is 12.7. The molecule has 1 N–H and O–H groups in total. The normalized spacial score (nSPS) is 16.8. The molecule has 2 nitrogen and oxygen atoms in total. The predicted molar refractivity (Wildman–Crippen MR) is 81.7 cm³/mol. The van der Waals surface area contributed by atoms with Gasteiger partial charge in [0.05, 0.1) is 0 Å². The van der Waals surface area contributed by atoms with Crippen LogP contribution in [0.4, 0.5) is 0 Å². The Bertz CT molecular complexity index is 607. The fraction of sp³-hybridized carbons (Fsp3) is 0.529. The van der Waals surface area contributed by atoms with Crippen LogP contribution >= 0.6 is 0 Å². The first-order valence-electron chi connectivity index (χ1n) is 7.34. The van der Waals surface area contributed by atoms with Crippen molar-refractivity contribution in [3.63, 3.8) is 0 Å². The molecule has 0 bridgehead atoms. The van der Waals surface area contributed by atoms with Gasteiger partial charge in [-0.25, -0.2) is 0 Å². The van der Waals surface area contributed by atoms with Crippen LogP contribution < -0.4 is 0 Å². The third-order valence-corrected chi connectivity index (χ3v) is 4.83. The summed E-state index contributed by atoms with van der Waals surface area (Å²) in [6.07, 6.45) is 2.34. The molecule has 1 aromatic heterocycles. The van der Waals surface area contributed by atoms with Crippen molar-refractivity contribution in [2.45, 2.75) is 45.6 Å². The lowest BCUT2D eigenvalue weighted by Crippen LogP contribution is -2.26. The fourth-order valence-corrected chi connectivity index (χ4v) is 3.01. The molecule has 0 amide bonds. The molecule has 0 aliphatic carbocycles. The summed E-state index contributed by atoms with van der Waals surface area (Å²) in [6.45, 7) is 9.13. The lowest BCUT2D eigenvalue weighted by atomic mass is 9.82. The topological polar surface area (TPSA) is 19.0 Å². The van der Waals surface area contributed by atoms with Crippen LogP contribution in [-0.4, -0.2) is 23.5 Å². The molecule has 2 heteroatoms. The summed E-state index contributed by atoms with van der Waals surface area (Å²) in [5, 5.41) is 1.43. The van der Waals surface area contributed by atoms with Gasteiger partial charge in [0.25, 0.3) is 0 Å². The van der Waals surface area contributed by atoms with Crippen molar-refractivity contribution in [1.82, 2.24) is 9.88 Å². The van der Waals surface area contributed by atoms with Crippen molar-refractivity contribution in [1.29, 1.82) is 0 Å². The molecule has 0 radical (unpaired) electrons. The van der Waals surface area contributed by atoms with Crippen LogP contribution in [0.3, 0.4) is 0 Å². The highest BCUT2D eigenvalue weighted by Crippen LogP contribution is 2.32. The van der Waals surface area contributed by atoms with Crippen molar-refractivity contribution in [2.75, 3.05) is 13.6 Å². The average molecular weight is 256 g/mol. The van der Waals surface area contributed by atoms with Gasteiger partial charge in [0.2, 0.25) is 0 Å². The molecule has 0 atom stereocenters. The van der Waals surface area contributed by atoms with Crippen molar-refractivity contribution < 1.29 is 0 Å². The molecule has 2 heterocycles. The van der Waals surface area contributed by atoms with Gasteiger partial charge >= 0.3 is 0 Å². The lowest BCUT2D eigenvalue weighted by Gasteiger charge is -2.23. The fourth-order valence-electron chi connectivity index (χ4n) is 3.01. The molecule has 0 spiro atoms. The molecule has 0 saturated carbocycles. The maximum absolute atomic E-state index is 3.64. The Morgan fingerprint density at radius 1 is 1.32 bits per heavy atom. The number of H-pyrrole nitrogens is 1. The number of hydrogen-bond donors (Lipinski definition) is 1. The first-order valence-corrected chi connectivity index (χ1v) is 7.34. The Hall–Kier alpha value is -1.28. The van der Waals surface area contributed by atoms with Gasteiger partial charge in [0.15, 0.2) is 0 Å². The Morgan fingerprint density at radius 3 is 2.84 bits per heavy atom. The molecular formula is C17H24N2. The number of nitrogens with one attached hydrogen (secondary N) is 1. The summed E-state index contributed by atoms with van der Waals surface area (Å²) in [7, 11) is 2.19. The molecular weight excluding hydrogens is 232 g/mol.